The van der Waals surface area contributed by atoms with Gasteiger partial charge in [-0.15, -0.1) is 11.3 Å². The summed E-state index contributed by atoms with van der Waals surface area (Å²) in [5.41, 5.74) is 3.71. The minimum Gasteiger partial charge on any atom is -0.507 e. The van der Waals surface area contributed by atoms with Gasteiger partial charge in [0.15, 0.2) is 0 Å². The normalized spacial score (nSPS) is 17.6. The predicted octanol–water partition coefficient (Wildman–Crippen LogP) is 5.21. The SMILES string of the molecule is COc1ccc2[nH]cc(CCN3C(=O)C(=O)C(=C(O)c4ccc(C)cc4)[C@H]3c3cccs3)c2c1. The van der Waals surface area contributed by atoms with Crippen LogP contribution in [0, 0.1) is 6.92 Å². The zero-order valence-corrected chi connectivity index (χ0v) is 19.7. The van der Waals surface area contributed by atoms with Gasteiger partial charge in [0.2, 0.25) is 0 Å². The number of nitrogens with one attached hydrogen (secondary N) is 1. The number of aromatic amines is 1. The van der Waals surface area contributed by atoms with Gasteiger partial charge >= 0.3 is 0 Å². The van der Waals surface area contributed by atoms with Crippen LogP contribution in [-0.2, 0) is 16.0 Å². The number of thiophene rings is 1. The summed E-state index contributed by atoms with van der Waals surface area (Å²) in [5, 5.41) is 14.0. The first-order chi connectivity index (χ1) is 16.5. The van der Waals surface area contributed by atoms with Gasteiger partial charge in [-0.25, -0.2) is 0 Å². The third-order valence-corrected chi connectivity index (χ3v) is 7.20. The molecule has 34 heavy (non-hydrogen) atoms. The molecule has 2 aromatic heterocycles. The van der Waals surface area contributed by atoms with Crippen molar-refractivity contribution in [1.29, 1.82) is 0 Å². The summed E-state index contributed by atoms with van der Waals surface area (Å²) in [7, 11) is 1.63. The highest BCUT2D eigenvalue weighted by Gasteiger charge is 2.46. The lowest BCUT2D eigenvalue weighted by Crippen LogP contribution is -2.31. The van der Waals surface area contributed by atoms with Crippen LogP contribution in [0.25, 0.3) is 16.7 Å². The average Bonchev–Trinajstić information content (AvgIpc) is 3.57. The molecule has 0 radical (unpaired) electrons. The Morgan fingerprint density at radius 1 is 1.15 bits per heavy atom. The van der Waals surface area contributed by atoms with Crippen LogP contribution in [0.2, 0.25) is 0 Å². The molecule has 1 atom stereocenters. The molecule has 5 rings (SSSR count). The van der Waals surface area contributed by atoms with Gasteiger partial charge in [0.25, 0.3) is 11.7 Å². The van der Waals surface area contributed by atoms with Crippen molar-refractivity contribution in [2.75, 3.05) is 13.7 Å². The number of aliphatic hydroxyl groups excluding tert-OH is 1. The lowest BCUT2D eigenvalue weighted by atomic mass is 9.99. The van der Waals surface area contributed by atoms with E-state index in [1.165, 1.54) is 11.3 Å². The molecule has 1 saturated heterocycles. The molecule has 2 aromatic carbocycles. The van der Waals surface area contributed by atoms with Crippen LogP contribution in [0.15, 0.2) is 71.7 Å². The molecule has 1 fully saturated rings. The van der Waals surface area contributed by atoms with Crippen LogP contribution in [0.1, 0.15) is 27.6 Å². The van der Waals surface area contributed by atoms with E-state index in [1.54, 1.807) is 24.1 Å². The minimum atomic E-state index is -0.655. The van der Waals surface area contributed by atoms with Crippen LogP contribution in [0.3, 0.4) is 0 Å². The molecule has 0 spiro atoms. The third kappa shape index (κ3) is 3.78. The first-order valence-corrected chi connectivity index (χ1v) is 11.9. The van der Waals surface area contributed by atoms with Gasteiger partial charge in [0, 0.05) is 34.1 Å². The number of hydrogen-bond acceptors (Lipinski definition) is 5. The van der Waals surface area contributed by atoms with E-state index in [0.29, 0.717) is 18.5 Å². The zero-order valence-electron chi connectivity index (χ0n) is 18.9. The van der Waals surface area contributed by atoms with Crippen molar-refractivity contribution in [2.24, 2.45) is 0 Å². The molecule has 7 heteroatoms. The number of carbonyl (C=O) groups excluding carboxylic acids is 2. The Morgan fingerprint density at radius 2 is 1.94 bits per heavy atom. The number of aliphatic hydroxyl groups is 1. The van der Waals surface area contributed by atoms with E-state index < -0.39 is 17.7 Å². The highest BCUT2D eigenvalue weighted by atomic mass is 32.1. The number of aryl methyl sites for hydroxylation is 1. The van der Waals surface area contributed by atoms with E-state index in [0.717, 1.165) is 32.7 Å². The maximum atomic E-state index is 13.1. The predicted molar refractivity (Wildman–Crippen MR) is 133 cm³/mol. The Bertz CT molecular complexity index is 1400. The van der Waals surface area contributed by atoms with Gasteiger partial charge in [-0.05, 0) is 48.6 Å². The van der Waals surface area contributed by atoms with Crippen molar-refractivity contribution < 1.29 is 19.4 Å². The number of carbonyl (C=O) groups is 2. The van der Waals surface area contributed by atoms with Gasteiger partial charge in [-0.1, -0.05) is 35.9 Å². The van der Waals surface area contributed by atoms with Gasteiger partial charge < -0.3 is 19.7 Å². The van der Waals surface area contributed by atoms with Crippen LogP contribution < -0.4 is 4.74 Å². The molecular formula is C27H24N2O4S. The van der Waals surface area contributed by atoms with Gasteiger partial charge in [-0.3, -0.25) is 9.59 Å². The number of ether oxygens (including phenoxy) is 1. The standard InChI is InChI=1S/C27H24N2O4S/c1-16-5-7-17(8-6-16)25(30)23-24(22-4-3-13-34-22)29(27(32)26(23)31)12-11-18-15-28-21-10-9-19(33-2)14-20(18)21/h3-10,13-15,24,28,30H,11-12H2,1-2H3/t24-/m1/s1. The molecule has 4 aromatic rings. The second-order valence-corrected chi connectivity index (χ2v) is 9.33. The molecule has 172 valence electrons. The van der Waals surface area contributed by atoms with E-state index in [-0.39, 0.29) is 11.3 Å². The highest BCUT2D eigenvalue weighted by Crippen LogP contribution is 2.41. The summed E-state index contributed by atoms with van der Waals surface area (Å²) in [6, 6.07) is 16.2. The number of ketones is 1. The largest absolute Gasteiger partial charge is 0.507 e. The van der Waals surface area contributed by atoms with E-state index in [2.05, 4.69) is 4.98 Å². The van der Waals surface area contributed by atoms with Crippen molar-refractivity contribution in [3.63, 3.8) is 0 Å². The van der Waals surface area contributed by atoms with E-state index in [4.69, 9.17) is 4.74 Å². The van der Waals surface area contributed by atoms with Crippen molar-refractivity contribution in [2.45, 2.75) is 19.4 Å². The summed E-state index contributed by atoms with van der Waals surface area (Å²) in [6.07, 6.45) is 2.47. The fourth-order valence-corrected chi connectivity index (χ4v) is 5.30. The molecule has 1 aliphatic heterocycles. The van der Waals surface area contributed by atoms with Crippen LogP contribution >= 0.6 is 11.3 Å². The second kappa shape index (κ2) is 8.83. The van der Waals surface area contributed by atoms with E-state index in [1.807, 2.05) is 61.0 Å². The summed E-state index contributed by atoms with van der Waals surface area (Å²) in [6.45, 7) is 2.29. The molecule has 0 bridgehead atoms. The average molecular weight is 473 g/mol. The summed E-state index contributed by atoms with van der Waals surface area (Å²) in [4.78, 5) is 31.9. The Kier molecular flexibility index (Phi) is 5.71. The summed E-state index contributed by atoms with van der Waals surface area (Å²) >= 11 is 1.46. The summed E-state index contributed by atoms with van der Waals surface area (Å²) in [5.74, 6) is -0.636. The Balaban J connectivity index is 1.52. The van der Waals surface area contributed by atoms with Crippen molar-refractivity contribution in [1.82, 2.24) is 9.88 Å². The van der Waals surface area contributed by atoms with Gasteiger partial charge in [0.1, 0.15) is 11.5 Å². The number of Topliss-reactive ketones (excluding diaryl/α,β-unsaturated/α-hetero) is 1. The fourth-order valence-electron chi connectivity index (χ4n) is 4.45. The molecule has 0 unspecified atom stereocenters. The topological polar surface area (TPSA) is 82.6 Å². The maximum Gasteiger partial charge on any atom is 0.295 e. The smallest absolute Gasteiger partial charge is 0.295 e. The quantitative estimate of drug-likeness (QED) is 0.229. The van der Waals surface area contributed by atoms with E-state index >= 15 is 0 Å². The molecular weight excluding hydrogens is 448 g/mol. The molecule has 0 saturated carbocycles. The van der Waals surface area contributed by atoms with Gasteiger partial charge in [-0.2, -0.15) is 0 Å². The highest BCUT2D eigenvalue weighted by molar-refractivity contribution is 7.10. The monoisotopic (exact) mass is 472 g/mol. The molecule has 1 aliphatic rings. The Hall–Kier alpha value is -3.84. The first-order valence-electron chi connectivity index (χ1n) is 11.0. The molecule has 1 amide bonds. The Labute approximate surface area is 201 Å². The molecule has 0 aliphatic carbocycles. The lowest BCUT2D eigenvalue weighted by molar-refractivity contribution is -0.139. The van der Waals surface area contributed by atoms with Crippen LogP contribution in [0.5, 0.6) is 5.75 Å². The second-order valence-electron chi connectivity index (χ2n) is 8.35. The first kappa shape index (κ1) is 22.0. The van der Waals surface area contributed by atoms with Crippen LogP contribution in [-0.4, -0.2) is 40.3 Å². The number of nitrogens with zero attached hydrogens (tertiary/aromatic N) is 1. The molecule has 2 N–H and O–H groups in total. The lowest BCUT2D eigenvalue weighted by Gasteiger charge is -2.24. The van der Waals surface area contributed by atoms with Crippen molar-refractivity contribution >= 4 is 39.7 Å². The number of amides is 1. The fraction of sp³-hybridized carbons (Fsp3) is 0.185. The molecule has 3 heterocycles. The van der Waals surface area contributed by atoms with Crippen molar-refractivity contribution in [3.8, 4) is 5.75 Å². The molecule has 6 nitrogen and oxygen atoms in total. The third-order valence-electron chi connectivity index (χ3n) is 6.27. The number of rotatable bonds is 6. The summed E-state index contributed by atoms with van der Waals surface area (Å²) < 4.78 is 5.36. The van der Waals surface area contributed by atoms with E-state index in [9.17, 15) is 14.7 Å². The number of H-pyrrole nitrogens is 1. The zero-order chi connectivity index (χ0) is 23.8. The number of hydrogen-bond donors (Lipinski definition) is 2. The Morgan fingerprint density at radius 3 is 2.65 bits per heavy atom. The van der Waals surface area contributed by atoms with Crippen molar-refractivity contribution in [3.05, 3.63) is 93.3 Å². The maximum absolute atomic E-state index is 13.1. The van der Waals surface area contributed by atoms with Gasteiger partial charge in [0.05, 0.1) is 18.7 Å². The number of likely N-dealkylation sites (tertiary alicyclic amines) is 1. The number of methoxy groups -OCH3 is 1. The number of fused-ring (bicyclic) bond motifs is 1. The number of benzene rings is 2. The van der Waals surface area contributed by atoms with Crippen LogP contribution in [0.4, 0.5) is 0 Å². The minimum absolute atomic E-state index is 0.136. The number of aromatic nitrogens is 1.